The molecule has 1 fully saturated rings. The third-order valence-corrected chi connectivity index (χ3v) is 4.93. The summed E-state index contributed by atoms with van der Waals surface area (Å²) < 4.78 is 5.43. The Balaban J connectivity index is 1.63. The van der Waals surface area contributed by atoms with Crippen molar-refractivity contribution in [1.29, 1.82) is 0 Å². The highest BCUT2D eigenvalue weighted by atomic mass is 16.5. The largest absolute Gasteiger partial charge is 0.379 e. The van der Waals surface area contributed by atoms with Gasteiger partial charge in [0.1, 0.15) is 0 Å². The van der Waals surface area contributed by atoms with Gasteiger partial charge in [-0.1, -0.05) is 30.3 Å². The predicted molar refractivity (Wildman–Crippen MR) is 107 cm³/mol. The number of anilines is 1. The minimum absolute atomic E-state index is 0.00746. The molecule has 0 spiro atoms. The van der Waals surface area contributed by atoms with Crippen LogP contribution in [-0.2, 0) is 4.74 Å². The van der Waals surface area contributed by atoms with Gasteiger partial charge in [0.05, 0.1) is 18.7 Å². The number of amides is 1. The molecular weight excluding hydrogens is 338 g/mol. The summed E-state index contributed by atoms with van der Waals surface area (Å²) in [5.74, 6) is 0.00746. The Bertz CT molecular complexity index is 902. The maximum absolute atomic E-state index is 13.5. The lowest BCUT2D eigenvalue weighted by atomic mass is 10.1. The second-order valence-electron chi connectivity index (χ2n) is 6.62. The Morgan fingerprint density at radius 1 is 1.00 bits per heavy atom. The summed E-state index contributed by atoms with van der Waals surface area (Å²) in [4.78, 5) is 22.1. The van der Waals surface area contributed by atoms with Gasteiger partial charge in [0.25, 0.3) is 5.91 Å². The molecule has 2 heterocycles. The summed E-state index contributed by atoms with van der Waals surface area (Å²) in [5, 5.41) is 0.886. The maximum Gasteiger partial charge on any atom is 0.259 e. The van der Waals surface area contributed by atoms with Crippen LogP contribution < -0.4 is 4.90 Å². The highest BCUT2D eigenvalue weighted by molar-refractivity contribution is 6.13. The van der Waals surface area contributed by atoms with Crippen LogP contribution in [-0.4, -0.2) is 55.2 Å². The zero-order valence-corrected chi connectivity index (χ0v) is 15.3. The summed E-state index contributed by atoms with van der Waals surface area (Å²) in [6.45, 7) is 4.80. The highest BCUT2D eigenvalue weighted by Gasteiger charge is 2.21. The second kappa shape index (κ2) is 8.29. The van der Waals surface area contributed by atoms with Gasteiger partial charge in [0.2, 0.25) is 0 Å². The number of ether oxygens (including phenoxy) is 1. The molecule has 27 heavy (non-hydrogen) atoms. The molecule has 3 aromatic rings. The maximum atomic E-state index is 13.5. The van der Waals surface area contributed by atoms with E-state index in [0.717, 1.165) is 49.4 Å². The summed E-state index contributed by atoms with van der Waals surface area (Å²) in [5.41, 5.74) is 2.44. The van der Waals surface area contributed by atoms with Gasteiger partial charge in [-0.3, -0.25) is 14.7 Å². The van der Waals surface area contributed by atoms with Crippen molar-refractivity contribution in [2.75, 3.05) is 44.3 Å². The second-order valence-corrected chi connectivity index (χ2v) is 6.62. The average molecular weight is 361 g/mol. The van der Waals surface area contributed by atoms with Crippen molar-refractivity contribution in [3.05, 3.63) is 72.4 Å². The van der Waals surface area contributed by atoms with E-state index >= 15 is 0 Å². The summed E-state index contributed by atoms with van der Waals surface area (Å²) >= 11 is 0. The first kappa shape index (κ1) is 17.6. The number of carbonyl (C=O) groups is 1. The van der Waals surface area contributed by atoms with Gasteiger partial charge in [0.15, 0.2) is 0 Å². The minimum atomic E-state index is 0.00746. The van der Waals surface area contributed by atoms with Crippen LogP contribution in [0.4, 0.5) is 5.69 Å². The summed E-state index contributed by atoms with van der Waals surface area (Å²) in [6.07, 6.45) is 1.75. The Labute approximate surface area is 159 Å². The molecule has 4 rings (SSSR count). The van der Waals surface area contributed by atoms with E-state index in [0.29, 0.717) is 12.1 Å². The number of morpholine rings is 1. The molecule has 138 valence electrons. The van der Waals surface area contributed by atoms with Crippen LogP contribution in [0.3, 0.4) is 0 Å². The Morgan fingerprint density at radius 2 is 1.81 bits per heavy atom. The van der Waals surface area contributed by atoms with Gasteiger partial charge in [-0.2, -0.15) is 0 Å². The molecular formula is C22H23N3O2. The van der Waals surface area contributed by atoms with E-state index in [1.807, 2.05) is 65.6 Å². The molecule has 5 nitrogen and oxygen atoms in total. The molecule has 2 aromatic carbocycles. The Hall–Kier alpha value is -2.76. The zero-order chi connectivity index (χ0) is 18.5. The standard InChI is InChI=1S/C22H23N3O2/c26-22(20-8-4-10-21-19(20)9-5-11-23-21)25(18-6-2-1-3-7-18)13-12-24-14-16-27-17-15-24/h1-11H,12-17H2. The average Bonchev–Trinajstić information content (AvgIpc) is 2.75. The minimum Gasteiger partial charge on any atom is -0.379 e. The van der Waals surface area contributed by atoms with E-state index in [4.69, 9.17) is 4.74 Å². The number of aromatic nitrogens is 1. The van der Waals surface area contributed by atoms with Crippen molar-refractivity contribution in [2.45, 2.75) is 0 Å². The van der Waals surface area contributed by atoms with Crippen molar-refractivity contribution in [2.24, 2.45) is 0 Å². The van der Waals surface area contributed by atoms with E-state index in [1.165, 1.54) is 0 Å². The van der Waals surface area contributed by atoms with Crippen LogP contribution in [0.2, 0.25) is 0 Å². The van der Waals surface area contributed by atoms with Crippen molar-refractivity contribution >= 4 is 22.5 Å². The van der Waals surface area contributed by atoms with Crippen LogP contribution in [0.25, 0.3) is 10.9 Å². The van der Waals surface area contributed by atoms with E-state index in [1.54, 1.807) is 6.20 Å². The van der Waals surface area contributed by atoms with Crippen LogP contribution >= 0.6 is 0 Å². The number of rotatable bonds is 5. The molecule has 1 saturated heterocycles. The van der Waals surface area contributed by atoms with Gasteiger partial charge in [-0.05, 0) is 30.3 Å². The van der Waals surface area contributed by atoms with Crippen LogP contribution in [0.5, 0.6) is 0 Å². The lowest BCUT2D eigenvalue weighted by Gasteiger charge is -2.30. The SMILES string of the molecule is O=C(c1cccc2ncccc12)N(CCN1CCOCC1)c1ccccc1. The predicted octanol–water partition coefficient (Wildman–Crippen LogP) is 3.21. The topological polar surface area (TPSA) is 45.7 Å². The zero-order valence-electron chi connectivity index (χ0n) is 15.3. The van der Waals surface area contributed by atoms with E-state index in [9.17, 15) is 4.79 Å². The quantitative estimate of drug-likeness (QED) is 0.700. The molecule has 1 amide bonds. The van der Waals surface area contributed by atoms with Crippen LogP contribution in [0, 0.1) is 0 Å². The fourth-order valence-corrected chi connectivity index (χ4v) is 3.46. The number of benzene rings is 2. The van der Waals surface area contributed by atoms with Crippen LogP contribution in [0.1, 0.15) is 10.4 Å². The van der Waals surface area contributed by atoms with Crippen molar-refractivity contribution < 1.29 is 9.53 Å². The van der Waals surface area contributed by atoms with E-state index in [-0.39, 0.29) is 5.91 Å². The molecule has 0 atom stereocenters. The number of hydrogen-bond donors (Lipinski definition) is 0. The molecule has 0 saturated carbocycles. The fourth-order valence-electron chi connectivity index (χ4n) is 3.46. The van der Waals surface area contributed by atoms with Crippen molar-refractivity contribution in [3.8, 4) is 0 Å². The fraction of sp³-hybridized carbons (Fsp3) is 0.273. The van der Waals surface area contributed by atoms with Crippen LogP contribution in [0.15, 0.2) is 66.9 Å². The molecule has 1 aliphatic rings. The van der Waals surface area contributed by atoms with E-state index in [2.05, 4.69) is 9.88 Å². The van der Waals surface area contributed by atoms with Gasteiger partial charge in [-0.15, -0.1) is 0 Å². The molecule has 0 aliphatic carbocycles. The number of hydrogen-bond acceptors (Lipinski definition) is 4. The third kappa shape index (κ3) is 3.99. The smallest absolute Gasteiger partial charge is 0.259 e. The molecule has 1 aromatic heterocycles. The first-order valence-corrected chi connectivity index (χ1v) is 9.34. The number of fused-ring (bicyclic) bond motifs is 1. The van der Waals surface area contributed by atoms with Gasteiger partial charge >= 0.3 is 0 Å². The van der Waals surface area contributed by atoms with Crippen molar-refractivity contribution in [1.82, 2.24) is 9.88 Å². The molecule has 0 N–H and O–H groups in total. The summed E-state index contributed by atoms with van der Waals surface area (Å²) in [6, 6.07) is 19.4. The number of pyridine rings is 1. The number of carbonyl (C=O) groups excluding carboxylic acids is 1. The monoisotopic (exact) mass is 361 g/mol. The molecule has 5 heteroatoms. The van der Waals surface area contributed by atoms with Gasteiger partial charge in [-0.25, -0.2) is 0 Å². The van der Waals surface area contributed by atoms with Gasteiger partial charge in [0, 0.05) is 49.0 Å². The first-order valence-electron chi connectivity index (χ1n) is 9.34. The molecule has 1 aliphatic heterocycles. The molecule has 0 radical (unpaired) electrons. The lowest BCUT2D eigenvalue weighted by Crippen LogP contribution is -2.43. The van der Waals surface area contributed by atoms with Gasteiger partial charge < -0.3 is 9.64 Å². The Kier molecular flexibility index (Phi) is 5.42. The lowest BCUT2D eigenvalue weighted by molar-refractivity contribution is 0.0391. The molecule has 0 bridgehead atoms. The Morgan fingerprint density at radius 3 is 2.63 bits per heavy atom. The molecule has 0 unspecified atom stereocenters. The first-order chi connectivity index (χ1) is 13.3. The van der Waals surface area contributed by atoms with E-state index < -0.39 is 0 Å². The van der Waals surface area contributed by atoms with Crippen molar-refractivity contribution in [3.63, 3.8) is 0 Å². The number of nitrogens with zero attached hydrogens (tertiary/aromatic N) is 3. The third-order valence-electron chi connectivity index (χ3n) is 4.93. The number of para-hydroxylation sites is 1. The normalized spacial score (nSPS) is 15.0. The highest BCUT2D eigenvalue weighted by Crippen LogP contribution is 2.22. The summed E-state index contributed by atoms with van der Waals surface area (Å²) in [7, 11) is 0.